The molecule has 0 aliphatic rings. The van der Waals surface area contributed by atoms with Crippen molar-refractivity contribution in [3.05, 3.63) is 52.7 Å². The Morgan fingerprint density at radius 3 is 2.83 bits per heavy atom. The van der Waals surface area contributed by atoms with Crippen LogP contribution in [0.1, 0.15) is 11.1 Å². The molecule has 0 saturated carbocycles. The van der Waals surface area contributed by atoms with Gasteiger partial charge in [0.1, 0.15) is 11.6 Å². The number of anilines is 1. The van der Waals surface area contributed by atoms with Crippen molar-refractivity contribution in [1.82, 2.24) is 4.98 Å². The predicted molar refractivity (Wildman–Crippen MR) is 74.3 cm³/mol. The van der Waals surface area contributed by atoms with E-state index in [9.17, 15) is 0 Å². The molecule has 0 radical (unpaired) electrons. The monoisotopic (exact) mass is 262 g/mol. The highest BCUT2D eigenvalue weighted by Crippen LogP contribution is 2.24. The fourth-order valence-corrected chi connectivity index (χ4v) is 1.92. The lowest BCUT2D eigenvalue weighted by Gasteiger charge is -2.13. The number of nitrogens with zero attached hydrogens (tertiary/aromatic N) is 1. The lowest BCUT2D eigenvalue weighted by Crippen LogP contribution is -2.03. The minimum atomic E-state index is 0.444. The summed E-state index contributed by atoms with van der Waals surface area (Å²) in [5.74, 6) is 0.462. The van der Waals surface area contributed by atoms with Crippen LogP contribution in [0.5, 0.6) is 5.88 Å². The van der Waals surface area contributed by atoms with Gasteiger partial charge in [0.05, 0.1) is 0 Å². The Morgan fingerprint density at radius 2 is 2.11 bits per heavy atom. The molecule has 1 aromatic heterocycles. The molecule has 0 aliphatic heterocycles. The van der Waals surface area contributed by atoms with Crippen LogP contribution in [0.3, 0.4) is 0 Å². The fourth-order valence-electron chi connectivity index (χ4n) is 1.75. The maximum absolute atomic E-state index is 6.00. The molecule has 1 N–H and O–H groups in total. The van der Waals surface area contributed by atoms with Crippen LogP contribution in [0.2, 0.25) is 5.02 Å². The molecule has 0 aliphatic carbocycles. The zero-order valence-corrected chi connectivity index (χ0v) is 11.2. The molecular weight excluding hydrogens is 248 g/mol. The van der Waals surface area contributed by atoms with Crippen LogP contribution in [-0.2, 0) is 6.61 Å². The van der Waals surface area contributed by atoms with Gasteiger partial charge in [-0.3, -0.25) is 0 Å². The molecular formula is C14H15ClN2O. The Balaban J connectivity index is 2.18. The zero-order chi connectivity index (χ0) is 13.0. The van der Waals surface area contributed by atoms with E-state index in [1.165, 1.54) is 5.56 Å². The number of nitrogens with one attached hydrogen (secondary N) is 1. The second-order valence-corrected chi connectivity index (χ2v) is 4.34. The Kier molecular flexibility index (Phi) is 4.05. The van der Waals surface area contributed by atoms with Gasteiger partial charge in [-0.25, -0.2) is 4.98 Å². The van der Waals surface area contributed by atoms with Crippen molar-refractivity contribution in [2.24, 2.45) is 0 Å². The summed E-state index contributed by atoms with van der Waals surface area (Å²) < 4.78 is 5.66. The molecule has 2 aromatic rings. The van der Waals surface area contributed by atoms with E-state index in [-0.39, 0.29) is 0 Å². The van der Waals surface area contributed by atoms with Gasteiger partial charge >= 0.3 is 0 Å². The molecule has 94 valence electrons. The molecule has 0 amide bonds. The number of aromatic nitrogens is 1. The second-order valence-electron chi connectivity index (χ2n) is 3.93. The number of pyridine rings is 1. The Bertz CT molecular complexity index is 543. The molecule has 1 heterocycles. The smallest absolute Gasteiger partial charge is 0.232 e. The van der Waals surface area contributed by atoms with E-state index in [0.717, 1.165) is 11.3 Å². The van der Waals surface area contributed by atoms with E-state index >= 15 is 0 Å². The maximum Gasteiger partial charge on any atom is 0.232 e. The molecule has 1 aromatic carbocycles. The van der Waals surface area contributed by atoms with Gasteiger partial charge in [-0.15, -0.1) is 0 Å². The number of halogens is 1. The highest BCUT2D eigenvalue weighted by atomic mass is 35.5. The van der Waals surface area contributed by atoms with Crippen LogP contribution in [0.15, 0.2) is 36.5 Å². The first-order valence-electron chi connectivity index (χ1n) is 5.72. The Hall–Kier alpha value is -1.74. The van der Waals surface area contributed by atoms with Gasteiger partial charge < -0.3 is 10.1 Å². The van der Waals surface area contributed by atoms with Gasteiger partial charge in [-0.05, 0) is 30.7 Å². The molecule has 4 heteroatoms. The number of ether oxygens (including phenoxy) is 1. The number of benzene rings is 1. The molecule has 3 nitrogen and oxygen atoms in total. The Labute approximate surface area is 112 Å². The molecule has 0 fully saturated rings. The molecule has 0 saturated heterocycles. The summed E-state index contributed by atoms with van der Waals surface area (Å²) in [6.45, 7) is 2.50. The summed E-state index contributed by atoms with van der Waals surface area (Å²) in [6.07, 6.45) is 1.66. The van der Waals surface area contributed by atoms with Gasteiger partial charge in [0.15, 0.2) is 0 Å². The second kappa shape index (κ2) is 5.74. The topological polar surface area (TPSA) is 34.1 Å². The van der Waals surface area contributed by atoms with Crippen LogP contribution in [0, 0.1) is 6.92 Å². The van der Waals surface area contributed by atoms with Crippen LogP contribution < -0.4 is 10.1 Å². The molecule has 0 atom stereocenters. The highest BCUT2D eigenvalue weighted by Gasteiger charge is 2.07. The van der Waals surface area contributed by atoms with Gasteiger partial charge in [0.25, 0.3) is 0 Å². The summed E-state index contributed by atoms with van der Waals surface area (Å²) in [5, 5.41) is 3.68. The summed E-state index contributed by atoms with van der Waals surface area (Å²) in [6, 6.07) is 9.63. The molecule has 0 spiro atoms. The van der Waals surface area contributed by atoms with Crippen molar-refractivity contribution in [1.29, 1.82) is 0 Å². The normalized spacial score (nSPS) is 10.2. The molecule has 0 unspecified atom stereocenters. The Morgan fingerprint density at radius 1 is 1.28 bits per heavy atom. The van der Waals surface area contributed by atoms with E-state index in [0.29, 0.717) is 17.5 Å². The van der Waals surface area contributed by atoms with E-state index < -0.39 is 0 Å². The molecule has 0 bridgehead atoms. The van der Waals surface area contributed by atoms with E-state index in [2.05, 4.69) is 23.3 Å². The van der Waals surface area contributed by atoms with Crippen molar-refractivity contribution in [2.45, 2.75) is 13.5 Å². The van der Waals surface area contributed by atoms with Crippen molar-refractivity contribution >= 4 is 17.3 Å². The third kappa shape index (κ3) is 2.74. The van der Waals surface area contributed by atoms with Gasteiger partial charge in [-0.2, -0.15) is 0 Å². The average Bonchev–Trinajstić information content (AvgIpc) is 2.39. The van der Waals surface area contributed by atoms with Crippen molar-refractivity contribution < 1.29 is 4.74 Å². The zero-order valence-electron chi connectivity index (χ0n) is 10.4. The maximum atomic E-state index is 6.00. The van der Waals surface area contributed by atoms with Crippen molar-refractivity contribution in [3.8, 4) is 5.88 Å². The first-order chi connectivity index (χ1) is 8.72. The molecule has 18 heavy (non-hydrogen) atoms. The fraction of sp³-hybridized carbons (Fsp3) is 0.214. The summed E-state index contributed by atoms with van der Waals surface area (Å²) in [7, 11) is 1.89. The number of hydrogen-bond donors (Lipinski definition) is 1. The van der Waals surface area contributed by atoms with Gasteiger partial charge in [0.2, 0.25) is 5.88 Å². The van der Waals surface area contributed by atoms with Crippen LogP contribution in [-0.4, -0.2) is 12.0 Å². The van der Waals surface area contributed by atoms with Crippen molar-refractivity contribution in [3.63, 3.8) is 0 Å². The number of rotatable bonds is 4. The van der Waals surface area contributed by atoms with Gasteiger partial charge in [0, 0.05) is 24.5 Å². The standard InChI is InChI=1S/C14H15ClN2O/c1-10-5-3-7-13(16-2)11(10)9-18-14-12(15)6-4-8-17-14/h3-8,16H,9H2,1-2H3. The SMILES string of the molecule is CNc1cccc(C)c1COc1ncccc1Cl. The third-order valence-electron chi connectivity index (χ3n) is 2.76. The lowest BCUT2D eigenvalue weighted by molar-refractivity contribution is 0.294. The summed E-state index contributed by atoms with van der Waals surface area (Å²) >= 11 is 6.00. The summed E-state index contributed by atoms with van der Waals surface area (Å²) in [5.41, 5.74) is 3.35. The minimum absolute atomic E-state index is 0.444. The minimum Gasteiger partial charge on any atom is -0.472 e. The third-order valence-corrected chi connectivity index (χ3v) is 3.05. The predicted octanol–water partition coefficient (Wildman–Crippen LogP) is 3.66. The first kappa shape index (κ1) is 12.7. The van der Waals surface area contributed by atoms with E-state index in [1.807, 2.05) is 19.2 Å². The van der Waals surface area contributed by atoms with Crippen LogP contribution >= 0.6 is 11.6 Å². The van der Waals surface area contributed by atoms with E-state index in [4.69, 9.17) is 16.3 Å². The van der Waals surface area contributed by atoms with Crippen LogP contribution in [0.4, 0.5) is 5.69 Å². The average molecular weight is 263 g/mol. The quantitative estimate of drug-likeness (QED) is 0.913. The van der Waals surface area contributed by atoms with Crippen LogP contribution in [0.25, 0.3) is 0 Å². The largest absolute Gasteiger partial charge is 0.472 e. The lowest BCUT2D eigenvalue weighted by atomic mass is 10.1. The highest BCUT2D eigenvalue weighted by molar-refractivity contribution is 6.31. The van der Waals surface area contributed by atoms with Crippen molar-refractivity contribution in [2.75, 3.05) is 12.4 Å². The van der Waals surface area contributed by atoms with E-state index in [1.54, 1.807) is 18.3 Å². The number of aryl methyl sites for hydroxylation is 1. The summed E-state index contributed by atoms with van der Waals surface area (Å²) in [4.78, 5) is 4.10. The molecule has 2 rings (SSSR count). The first-order valence-corrected chi connectivity index (χ1v) is 6.09. The van der Waals surface area contributed by atoms with Gasteiger partial charge in [-0.1, -0.05) is 23.7 Å². The number of hydrogen-bond acceptors (Lipinski definition) is 3.